The number of rotatable bonds is 5. The van der Waals surface area contributed by atoms with Gasteiger partial charge in [-0.25, -0.2) is 0 Å². The van der Waals surface area contributed by atoms with Gasteiger partial charge < -0.3 is 15.6 Å². The Morgan fingerprint density at radius 3 is 2.65 bits per heavy atom. The summed E-state index contributed by atoms with van der Waals surface area (Å²) in [5.41, 5.74) is 7.30. The molecule has 0 saturated carbocycles. The minimum absolute atomic E-state index is 0.132. The second-order valence-corrected chi connectivity index (χ2v) is 5.72. The third-order valence-corrected chi connectivity index (χ3v) is 2.94. The molecule has 4 nitrogen and oxygen atoms in total. The second kappa shape index (κ2) is 6.44. The Morgan fingerprint density at radius 2 is 2.15 bits per heavy atom. The van der Waals surface area contributed by atoms with Crippen LogP contribution in [-0.4, -0.2) is 23.7 Å². The molecule has 0 saturated heterocycles. The summed E-state index contributed by atoms with van der Waals surface area (Å²) in [6.45, 7) is 6.39. The minimum Gasteiger partial charge on any atom is -0.481 e. The van der Waals surface area contributed by atoms with Crippen LogP contribution in [0.2, 0.25) is 0 Å². The number of terminal acetylenes is 1. The molecule has 3 N–H and O–H groups in total. The average Bonchev–Trinajstić information content (AvgIpc) is 2.35. The lowest BCUT2D eigenvalue weighted by atomic mass is 9.84. The Hall–Kier alpha value is -1.99. The Balaban J connectivity index is 3.08. The number of carboxylic acid groups (broad SMARTS) is 1. The third kappa shape index (κ3) is 4.29. The summed E-state index contributed by atoms with van der Waals surface area (Å²) in [5, 5.41) is 8.87. The monoisotopic (exact) mass is 275 g/mol. The lowest BCUT2D eigenvalue weighted by Gasteiger charge is -2.23. The molecule has 1 rings (SSSR count). The van der Waals surface area contributed by atoms with Crippen LogP contribution in [0.15, 0.2) is 18.2 Å². The van der Waals surface area contributed by atoms with Crippen molar-refractivity contribution < 1.29 is 14.6 Å². The van der Waals surface area contributed by atoms with Gasteiger partial charge in [0.1, 0.15) is 18.4 Å². The zero-order chi connectivity index (χ0) is 15.3. The van der Waals surface area contributed by atoms with Gasteiger partial charge in [0.05, 0.1) is 0 Å². The molecule has 0 radical (unpaired) electrons. The maximum Gasteiger partial charge on any atom is 0.320 e. The SMILES string of the molecule is C#CCOc1ccc(CC(N)C(=O)O)cc1C(C)(C)C. The molecule has 1 aromatic carbocycles. The first-order valence-electron chi connectivity index (χ1n) is 6.43. The van der Waals surface area contributed by atoms with Crippen molar-refractivity contribution in [1.29, 1.82) is 0 Å². The van der Waals surface area contributed by atoms with Gasteiger partial charge in [-0.3, -0.25) is 4.79 Å². The molecule has 1 atom stereocenters. The van der Waals surface area contributed by atoms with Gasteiger partial charge in [0, 0.05) is 0 Å². The first-order chi connectivity index (χ1) is 9.25. The highest BCUT2D eigenvalue weighted by Crippen LogP contribution is 2.32. The van der Waals surface area contributed by atoms with Gasteiger partial charge in [-0.05, 0) is 29.0 Å². The number of aliphatic carboxylic acids is 1. The van der Waals surface area contributed by atoms with E-state index < -0.39 is 12.0 Å². The van der Waals surface area contributed by atoms with E-state index in [1.165, 1.54) is 0 Å². The number of benzene rings is 1. The minimum atomic E-state index is -1.00. The highest BCUT2D eigenvalue weighted by Gasteiger charge is 2.21. The predicted octanol–water partition coefficient (Wildman–Crippen LogP) is 1.95. The molecule has 0 aliphatic carbocycles. The van der Waals surface area contributed by atoms with E-state index >= 15 is 0 Å². The lowest BCUT2D eigenvalue weighted by Crippen LogP contribution is -2.32. The first kappa shape index (κ1) is 16.1. The average molecular weight is 275 g/mol. The topological polar surface area (TPSA) is 72.5 Å². The smallest absolute Gasteiger partial charge is 0.320 e. The van der Waals surface area contributed by atoms with E-state index in [0.29, 0.717) is 0 Å². The molecule has 0 amide bonds. The zero-order valence-electron chi connectivity index (χ0n) is 12.1. The van der Waals surface area contributed by atoms with Crippen molar-refractivity contribution in [2.24, 2.45) is 5.73 Å². The fourth-order valence-electron chi connectivity index (χ4n) is 1.88. The third-order valence-electron chi connectivity index (χ3n) is 2.94. The molecule has 20 heavy (non-hydrogen) atoms. The quantitative estimate of drug-likeness (QED) is 0.806. The lowest BCUT2D eigenvalue weighted by molar-refractivity contribution is -0.138. The van der Waals surface area contributed by atoms with Crippen LogP contribution in [-0.2, 0) is 16.6 Å². The number of hydrogen-bond acceptors (Lipinski definition) is 3. The van der Waals surface area contributed by atoms with E-state index in [0.717, 1.165) is 16.9 Å². The second-order valence-electron chi connectivity index (χ2n) is 5.72. The Bertz CT molecular complexity index is 524. The molecule has 0 heterocycles. The van der Waals surface area contributed by atoms with Gasteiger partial charge in [-0.1, -0.05) is 38.8 Å². The molecule has 0 aromatic heterocycles. The van der Waals surface area contributed by atoms with E-state index in [9.17, 15) is 4.79 Å². The molecule has 0 fully saturated rings. The summed E-state index contributed by atoms with van der Waals surface area (Å²) in [6.07, 6.45) is 5.49. The molecular weight excluding hydrogens is 254 g/mol. The van der Waals surface area contributed by atoms with Crippen LogP contribution in [0.1, 0.15) is 31.9 Å². The summed E-state index contributed by atoms with van der Waals surface area (Å²) in [7, 11) is 0. The summed E-state index contributed by atoms with van der Waals surface area (Å²) in [6, 6.07) is 4.68. The van der Waals surface area contributed by atoms with Crippen molar-refractivity contribution >= 4 is 5.97 Å². The fraction of sp³-hybridized carbons (Fsp3) is 0.438. The molecular formula is C16H21NO3. The normalized spacial score (nSPS) is 12.6. The van der Waals surface area contributed by atoms with Gasteiger partial charge in [0.2, 0.25) is 0 Å². The van der Waals surface area contributed by atoms with Gasteiger partial charge in [-0.2, -0.15) is 0 Å². The van der Waals surface area contributed by atoms with Gasteiger partial charge in [-0.15, -0.1) is 6.42 Å². The summed E-state index contributed by atoms with van der Waals surface area (Å²) >= 11 is 0. The van der Waals surface area contributed by atoms with Crippen molar-refractivity contribution in [3.63, 3.8) is 0 Å². The van der Waals surface area contributed by atoms with E-state index in [-0.39, 0.29) is 18.4 Å². The van der Waals surface area contributed by atoms with E-state index in [4.69, 9.17) is 22.0 Å². The molecule has 0 spiro atoms. The van der Waals surface area contributed by atoms with Gasteiger partial charge >= 0.3 is 5.97 Å². The zero-order valence-corrected chi connectivity index (χ0v) is 12.1. The van der Waals surface area contributed by atoms with Crippen LogP contribution in [0.3, 0.4) is 0 Å². The molecule has 0 aliphatic rings. The fourth-order valence-corrected chi connectivity index (χ4v) is 1.88. The molecule has 0 aliphatic heterocycles. The van der Waals surface area contributed by atoms with E-state index in [1.807, 2.05) is 18.2 Å². The molecule has 1 unspecified atom stereocenters. The van der Waals surface area contributed by atoms with Crippen LogP contribution in [0.5, 0.6) is 5.75 Å². The molecule has 0 bridgehead atoms. The predicted molar refractivity (Wildman–Crippen MR) is 78.8 cm³/mol. The van der Waals surface area contributed by atoms with Crippen molar-refractivity contribution in [3.05, 3.63) is 29.3 Å². The Morgan fingerprint density at radius 1 is 1.50 bits per heavy atom. The molecule has 1 aromatic rings. The van der Waals surface area contributed by atoms with Crippen LogP contribution >= 0.6 is 0 Å². The van der Waals surface area contributed by atoms with Gasteiger partial charge in [0.15, 0.2) is 0 Å². The maximum atomic E-state index is 10.8. The molecule has 108 valence electrons. The summed E-state index contributed by atoms with van der Waals surface area (Å²) < 4.78 is 5.54. The van der Waals surface area contributed by atoms with E-state index in [1.54, 1.807) is 0 Å². The largest absolute Gasteiger partial charge is 0.481 e. The summed E-state index contributed by atoms with van der Waals surface area (Å²) in [5.74, 6) is 2.16. The first-order valence-corrected chi connectivity index (χ1v) is 6.43. The number of nitrogens with two attached hydrogens (primary N) is 1. The van der Waals surface area contributed by atoms with Crippen molar-refractivity contribution in [2.45, 2.75) is 38.6 Å². The van der Waals surface area contributed by atoms with Crippen LogP contribution in [0, 0.1) is 12.3 Å². The van der Waals surface area contributed by atoms with Crippen molar-refractivity contribution in [2.75, 3.05) is 6.61 Å². The van der Waals surface area contributed by atoms with Crippen molar-refractivity contribution in [1.82, 2.24) is 0 Å². The van der Waals surface area contributed by atoms with Crippen molar-refractivity contribution in [3.8, 4) is 18.1 Å². The van der Waals surface area contributed by atoms with E-state index in [2.05, 4.69) is 26.7 Å². The van der Waals surface area contributed by atoms with Crippen LogP contribution in [0.25, 0.3) is 0 Å². The highest BCUT2D eigenvalue weighted by atomic mass is 16.5. The van der Waals surface area contributed by atoms with Crippen LogP contribution in [0.4, 0.5) is 0 Å². The standard InChI is InChI=1S/C16H21NO3/c1-5-8-20-14-7-6-11(10-13(17)15(18)19)9-12(14)16(2,3)4/h1,6-7,9,13H,8,10,17H2,2-4H3,(H,18,19). The number of carbonyl (C=O) groups is 1. The van der Waals surface area contributed by atoms with Crippen LogP contribution < -0.4 is 10.5 Å². The Labute approximate surface area is 119 Å². The highest BCUT2D eigenvalue weighted by molar-refractivity contribution is 5.73. The number of hydrogen-bond donors (Lipinski definition) is 2. The van der Waals surface area contributed by atoms with Gasteiger partial charge in [0.25, 0.3) is 0 Å². The number of carboxylic acids is 1. The molecule has 4 heteroatoms. The maximum absolute atomic E-state index is 10.8. The Kier molecular flexibility index (Phi) is 5.18. The number of ether oxygens (including phenoxy) is 1. The summed E-state index contributed by atoms with van der Waals surface area (Å²) in [4.78, 5) is 10.8.